The Bertz CT molecular complexity index is 986. The van der Waals surface area contributed by atoms with E-state index in [9.17, 15) is 4.79 Å². The van der Waals surface area contributed by atoms with E-state index in [1.165, 1.54) is 0 Å². The molecule has 0 amide bonds. The smallest absolute Gasteiger partial charge is 0.355 e. The lowest BCUT2D eigenvalue weighted by molar-refractivity contribution is 0.0514. The van der Waals surface area contributed by atoms with Crippen molar-refractivity contribution >= 4 is 25.2 Å². The molecule has 30 heavy (non-hydrogen) atoms. The van der Waals surface area contributed by atoms with Crippen LogP contribution in [0.2, 0.25) is 25.7 Å². The SMILES string of the molecule is CCOC(=O)c1cc2ncn(COCC[Si](C)(C)C)c2n1Cc1ccc(OC)cc1. The molecule has 0 saturated carbocycles. The summed E-state index contributed by atoms with van der Waals surface area (Å²) in [5, 5.41) is 0. The van der Waals surface area contributed by atoms with E-state index in [1.807, 2.05) is 33.4 Å². The molecule has 7 nitrogen and oxygen atoms in total. The maximum Gasteiger partial charge on any atom is 0.355 e. The number of rotatable bonds is 10. The van der Waals surface area contributed by atoms with Gasteiger partial charge in [-0.05, 0) is 36.7 Å². The molecule has 0 aliphatic rings. The molecule has 0 radical (unpaired) electrons. The zero-order chi connectivity index (χ0) is 21.7. The second-order valence-corrected chi connectivity index (χ2v) is 14.1. The predicted octanol–water partition coefficient (Wildman–Crippen LogP) is 4.38. The molecule has 3 aromatic rings. The van der Waals surface area contributed by atoms with E-state index in [2.05, 4.69) is 24.6 Å². The van der Waals surface area contributed by atoms with Crippen LogP contribution in [0.3, 0.4) is 0 Å². The Labute approximate surface area is 178 Å². The largest absolute Gasteiger partial charge is 0.497 e. The van der Waals surface area contributed by atoms with Gasteiger partial charge in [-0.2, -0.15) is 0 Å². The van der Waals surface area contributed by atoms with Gasteiger partial charge in [0.1, 0.15) is 29.3 Å². The lowest BCUT2D eigenvalue weighted by Crippen LogP contribution is -2.22. The molecule has 8 heteroatoms. The number of hydrogen-bond acceptors (Lipinski definition) is 5. The zero-order valence-corrected chi connectivity index (χ0v) is 19.5. The Hall–Kier alpha value is -2.58. The summed E-state index contributed by atoms with van der Waals surface area (Å²) in [4.78, 5) is 17.1. The van der Waals surface area contributed by atoms with Crippen molar-refractivity contribution in [2.24, 2.45) is 0 Å². The summed E-state index contributed by atoms with van der Waals surface area (Å²) in [6, 6.07) is 10.7. The van der Waals surface area contributed by atoms with Crippen LogP contribution < -0.4 is 4.74 Å². The van der Waals surface area contributed by atoms with Gasteiger partial charge in [0.05, 0.1) is 20.0 Å². The molecule has 2 aromatic heterocycles. The van der Waals surface area contributed by atoms with Crippen molar-refractivity contribution in [2.45, 2.75) is 45.9 Å². The molecule has 0 aliphatic carbocycles. The first-order valence-corrected chi connectivity index (χ1v) is 13.9. The van der Waals surface area contributed by atoms with E-state index in [0.717, 1.165) is 35.1 Å². The maximum absolute atomic E-state index is 12.6. The second kappa shape index (κ2) is 9.49. The van der Waals surface area contributed by atoms with Crippen LogP contribution in [0, 0.1) is 0 Å². The van der Waals surface area contributed by atoms with Crippen LogP contribution in [0.25, 0.3) is 11.2 Å². The molecule has 0 aliphatic heterocycles. The third-order valence-corrected chi connectivity index (χ3v) is 6.57. The molecule has 2 heterocycles. The Balaban J connectivity index is 1.90. The highest BCUT2D eigenvalue weighted by Gasteiger charge is 2.21. The van der Waals surface area contributed by atoms with Gasteiger partial charge in [0.2, 0.25) is 0 Å². The van der Waals surface area contributed by atoms with Crippen LogP contribution in [0.4, 0.5) is 0 Å². The van der Waals surface area contributed by atoms with Crippen LogP contribution in [-0.4, -0.2) is 48.5 Å². The molecular weight excluding hydrogens is 398 g/mol. The number of fused-ring (bicyclic) bond motifs is 1. The average molecular weight is 430 g/mol. The van der Waals surface area contributed by atoms with Gasteiger partial charge in [0, 0.05) is 21.2 Å². The van der Waals surface area contributed by atoms with Crippen LogP contribution in [0.15, 0.2) is 36.7 Å². The number of aromatic nitrogens is 3. The molecule has 0 N–H and O–H groups in total. The number of ether oxygens (including phenoxy) is 3. The van der Waals surface area contributed by atoms with Crippen LogP contribution in [-0.2, 0) is 22.7 Å². The van der Waals surface area contributed by atoms with Gasteiger partial charge in [0.15, 0.2) is 0 Å². The fraction of sp³-hybridized carbons (Fsp3) is 0.455. The zero-order valence-electron chi connectivity index (χ0n) is 18.5. The van der Waals surface area contributed by atoms with Gasteiger partial charge in [-0.3, -0.25) is 4.57 Å². The molecule has 1 aromatic carbocycles. The molecular formula is C22H31N3O4Si. The van der Waals surface area contributed by atoms with Crippen molar-refractivity contribution in [1.82, 2.24) is 14.1 Å². The molecule has 0 unspecified atom stereocenters. The number of carbonyl (C=O) groups is 1. The number of methoxy groups -OCH3 is 1. The van der Waals surface area contributed by atoms with Crippen molar-refractivity contribution in [3.05, 3.63) is 47.9 Å². The van der Waals surface area contributed by atoms with E-state index in [4.69, 9.17) is 14.2 Å². The van der Waals surface area contributed by atoms with Gasteiger partial charge < -0.3 is 18.8 Å². The Morgan fingerprint density at radius 3 is 2.53 bits per heavy atom. The van der Waals surface area contributed by atoms with Gasteiger partial charge in [-0.25, -0.2) is 9.78 Å². The minimum Gasteiger partial charge on any atom is -0.497 e. The number of hydrogen-bond donors (Lipinski definition) is 0. The quantitative estimate of drug-likeness (QED) is 0.272. The number of benzene rings is 1. The number of esters is 1. The lowest BCUT2D eigenvalue weighted by Gasteiger charge is -2.16. The standard InChI is InChI=1S/C22H31N3O4Si/c1-6-29-22(26)20-13-19-21(24(15-23-19)16-28-11-12-30(3,4)5)25(20)14-17-7-9-18(27-2)10-8-17/h7-10,13,15H,6,11-12,14,16H2,1-5H3. The highest BCUT2D eigenvalue weighted by atomic mass is 28.3. The Morgan fingerprint density at radius 1 is 1.17 bits per heavy atom. The van der Waals surface area contributed by atoms with Crippen molar-refractivity contribution in [1.29, 1.82) is 0 Å². The van der Waals surface area contributed by atoms with Crippen molar-refractivity contribution in [3.63, 3.8) is 0 Å². The first-order chi connectivity index (χ1) is 14.3. The Morgan fingerprint density at radius 2 is 1.90 bits per heavy atom. The molecule has 0 saturated heterocycles. The van der Waals surface area contributed by atoms with Crippen molar-refractivity contribution in [2.75, 3.05) is 20.3 Å². The predicted molar refractivity (Wildman–Crippen MR) is 120 cm³/mol. The average Bonchev–Trinajstić information content (AvgIpc) is 3.26. The van der Waals surface area contributed by atoms with Gasteiger partial charge in [-0.1, -0.05) is 31.8 Å². The summed E-state index contributed by atoms with van der Waals surface area (Å²) in [5.41, 5.74) is 3.13. The Kier molecular flexibility index (Phi) is 6.99. The summed E-state index contributed by atoms with van der Waals surface area (Å²) < 4.78 is 20.3. The fourth-order valence-electron chi connectivity index (χ4n) is 3.19. The van der Waals surface area contributed by atoms with Gasteiger partial charge in [-0.15, -0.1) is 0 Å². The maximum atomic E-state index is 12.6. The van der Waals surface area contributed by atoms with Crippen molar-refractivity contribution in [3.8, 4) is 5.75 Å². The summed E-state index contributed by atoms with van der Waals surface area (Å²) in [7, 11) is 0.494. The van der Waals surface area contributed by atoms with Gasteiger partial charge in [0.25, 0.3) is 0 Å². The third-order valence-electron chi connectivity index (χ3n) is 4.87. The molecule has 3 rings (SSSR count). The minimum absolute atomic E-state index is 0.323. The minimum atomic E-state index is -1.15. The summed E-state index contributed by atoms with van der Waals surface area (Å²) in [5.74, 6) is 0.443. The molecule has 0 spiro atoms. The second-order valence-electron chi connectivity index (χ2n) is 8.46. The third kappa shape index (κ3) is 5.31. The molecule has 0 bridgehead atoms. The first-order valence-electron chi connectivity index (χ1n) is 10.2. The van der Waals surface area contributed by atoms with E-state index < -0.39 is 8.07 Å². The van der Waals surface area contributed by atoms with Crippen LogP contribution in [0.5, 0.6) is 5.75 Å². The topological polar surface area (TPSA) is 67.5 Å². The number of nitrogens with zero attached hydrogens (tertiary/aromatic N) is 3. The highest BCUT2D eigenvalue weighted by molar-refractivity contribution is 6.76. The lowest BCUT2D eigenvalue weighted by atomic mass is 10.2. The van der Waals surface area contributed by atoms with Crippen LogP contribution in [0.1, 0.15) is 23.0 Å². The van der Waals surface area contributed by atoms with E-state index in [0.29, 0.717) is 25.6 Å². The number of carbonyl (C=O) groups excluding carboxylic acids is 1. The molecule has 0 fully saturated rings. The highest BCUT2D eigenvalue weighted by Crippen LogP contribution is 2.23. The molecule has 0 atom stereocenters. The normalized spacial score (nSPS) is 11.8. The first kappa shape index (κ1) is 22.1. The molecule has 162 valence electrons. The summed E-state index contributed by atoms with van der Waals surface area (Å²) >= 11 is 0. The fourth-order valence-corrected chi connectivity index (χ4v) is 3.95. The van der Waals surface area contributed by atoms with E-state index in [-0.39, 0.29) is 5.97 Å². The summed E-state index contributed by atoms with van der Waals surface area (Å²) in [6.07, 6.45) is 1.76. The number of imidazole rings is 1. The van der Waals surface area contributed by atoms with E-state index in [1.54, 1.807) is 26.4 Å². The van der Waals surface area contributed by atoms with Crippen LogP contribution >= 0.6 is 0 Å². The van der Waals surface area contributed by atoms with Crippen molar-refractivity contribution < 1.29 is 19.0 Å². The summed E-state index contributed by atoms with van der Waals surface area (Å²) in [6.45, 7) is 10.8. The van der Waals surface area contributed by atoms with Gasteiger partial charge >= 0.3 is 5.97 Å². The monoisotopic (exact) mass is 429 g/mol. The van der Waals surface area contributed by atoms with E-state index >= 15 is 0 Å².